The second-order valence-corrected chi connectivity index (χ2v) is 4.42. The zero-order valence-electron chi connectivity index (χ0n) is 11.0. The molecule has 100 valence electrons. The zero-order chi connectivity index (χ0) is 13.7. The van der Waals surface area contributed by atoms with Crippen LogP contribution in [0.1, 0.15) is 31.1 Å². The summed E-state index contributed by atoms with van der Waals surface area (Å²) in [7, 11) is 1.51. The summed E-state index contributed by atoms with van der Waals surface area (Å²) in [5.74, 6) is 0.730. The molecule has 0 aliphatic carbocycles. The minimum Gasteiger partial charge on any atom is -0.493 e. The van der Waals surface area contributed by atoms with E-state index in [-0.39, 0.29) is 12.0 Å². The molecule has 0 radical (unpaired) electrons. The molecule has 0 aliphatic rings. The van der Waals surface area contributed by atoms with Gasteiger partial charge in [-0.1, -0.05) is 11.6 Å². The first kappa shape index (κ1) is 14.6. The van der Waals surface area contributed by atoms with Crippen LogP contribution in [-0.4, -0.2) is 25.7 Å². The highest BCUT2D eigenvalue weighted by atomic mass is 35.5. The topological polar surface area (TPSA) is 47.6 Å². The van der Waals surface area contributed by atoms with Crippen LogP contribution in [0, 0.1) is 0 Å². The Balaban J connectivity index is 3.14. The fraction of sp³-hybridized carbons (Fsp3) is 0.462. The second-order valence-electron chi connectivity index (χ2n) is 4.02. The Morgan fingerprint density at radius 3 is 2.61 bits per heavy atom. The van der Waals surface area contributed by atoms with Crippen LogP contribution in [0.2, 0.25) is 5.02 Å². The Morgan fingerprint density at radius 1 is 1.44 bits per heavy atom. The Hall–Kier alpha value is -1.42. The molecule has 0 fully saturated rings. The van der Waals surface area contributed by atoms with E-state index in [1.165, 1.54) is 7.11 Å². The predicted molar refractivity (Wildman–Crippen MR) is 71.8 cm³/mol. The summed E-state index contributed by atoms with van der Waals surface area (Å²) in [6.45, 7) is 6.21. The van der Waals surface area contributed by atoms with Crippen LogP contribution >= 0.6 is 11.6 Å². The van der Waals surface area contributed by atoms with Crippen LogP contribution in [0.15, 0.2) is 12.1 Å². The molecule has 1 rings (SSSR count). The number of carbonyl (C=O) groups excluding carboxylic acids is 1. The second kappa shape index (κ2) is 6.50. The monoisotopic (exact) mass is 271 g/mol. The molecule has 0 saturated heterocycles. The molecule has 0 spiro atoms. The lowest BCUT2D eigenvalue weighted by Crippen LogP contribution is -2.22. The first-order chi connectivity index (χ1) is 8.49. The van der Waals surface area contributed by atoms with Gasteiger partial charge in [-0.15, -0.1) is 0 Å². The van der Waals surface area contributed by atoms with Gasteiger partial charge >= 0.3 is 0 Å². The fourth-order valence-electron chi connectivity index (χ4n) is 1.46. The van der Waals surface area contributed by atoms with Crippen molar-refractivity contribution in [3.05, 3.63) is 22.7 Å². The Kier molecular flexibility index (Phi) is 5.28. The number of halogens is 1. The standard InChI is InChI=1S/C13H18ClNO3/c1-5-15-13(16)9-6-10(14)12(18-8(2)3)11(7-9)17-4/h6-8H,5H2,1-4H3,(H,15,16). The lowest BCUT2D eigenvalue weighted by Gasteiger charge is -2.16. The van der Waals surface area contributed by atoms with Crippen LogP contribution in [0.3, 0.4) is 0 Å². The molecule has 1 aromatic carbocycles. The van der Waals surface area contributed by atoms with Crippen molar-refractivity contribution in [2.75, 3.05) is 13.7 Å². The molecule has 0 atom stereocenters. The van der Waals surface area contributed by atoms with Gasteiger partial charge in [-0.25, -0.2) is 0 Å². The highest BCUT2D eigenvalue weighted by Crippen LogP contribution is 2.37. The third kappa shape index (κ3) is 3.53. The highest BCUT2D eigenvalue weighted by Gasteiger charge is 2.16. The summed E-state index contributed by atoms with van der Waals surface area (Å²) in [6.07, 6.45) is -0.0216. The van der Waals surface area contributed by atoms with Crippen molar-refractivity contribution in [2.45, 2.75) is 26.9 Å². The third-order valence-electron chi connectivity index (χ3n) is 2.18. The highest BCUT2D eigenvalue weighted by molar-refractivity contribution is 6.32. The Bertz CT molecular complexity index is 432. The van der Waals surface area contributed by atoms with E-state index in [9.17, 15) is 4.79 Å². The SMILES string of the molecule is CCNC(=O)c1cc(Cl)c(OC(C)C)c(OC)c1. The van der Waals surface area contributed by atoms with Crippen LogP contribution < -0.4 is 14.8 Å². The maximum atomic E-state index is 11.7. The minimum atomic E-state index is -0.186. The van der Waals surface area contributed by atoms with Gasteiger partial charge in [0.15, 0.2) is 11.5 Å². The van der Waals surface area contributed by atoms with Gasteiger partial charge in [-0.2, -0.15) is 0 Å². The molecule has 0 heterocycles. The molecular weight excluding hydrogens is 254 g/mol. The van der Waals surface area contributed by atoms with E-state index in [4.69, 9.17) is 21.1 Å². The summed E-state index contributed by atoms with van der Waals surface area (Å²) >= 11 is 6.12. The normalized spacial score (nSPS) is 10.3. The number of nitrogens with one attached hydrogen (secondary N) is 1. The van der Waals surface area contributed by atoms with Gasteiger partial charge in [0.2, 0.25) is 0 Å². The first-order valence-corrected chi connectivity index (χ1v) is 6.19. The molecule has 0 bridgehead atoms. The van der Waals surface area contributed by atoms with Crippen molar-refractivity contribution in [2.24, 2.45) is 0 Å². The first-order valence-electron chi connectivity index (χ1n) is 5.82. The van der Waals surface area contributed by atoms with Crippen molar-refractivity contribution < 1.29 is 14.3 Å². The lowest BCUT2D eigenvalue weighted by atomic mass is 10.2. The molecule has 1 N–H and O–H groups in total. The maximum Gasteiger partial charge on any atom is 0.251 e. The number of ether oxygens (including phenoxy) is 2. The van der Waals surface area contributed by atoms with Gasteiger partial charge in [0.05, 0.1) is 18.2 Å². The Morgan fingerprint density at radius 2 is 2.11 bits per heavy atom. The molecule has 5 heteroatoms. The fourth-order valence-corrected chi connectivity index (χ4v) is 1.72. The number of methoxy groups -OCH3 is 1. The van der Waals surface area contributed by atoms with E-state index in [0.717, 1.165) is 0 Å². The summed E-state index contributed by atoms with van der Waals surface area (Å²) in [6, 6.07) is 3.20. The number of hydrogen-bond donors (Lipinski definition) is 1. The quantitative estimate of drug-likeness (QED) is 0.896. The summed E-state index contributed by atoms with van der Waals surface area (Å²) in [5, 5.41) is 3.07. The number of carbonyl (C=O) groups is 1. The zero-order valence-corrected chi connectivity index (χ0v) is 11.8. The largest absolute Gasteiger partial charge is 0.493 e. The van der Waals surface area contributed by atoms with Gasteiger partial charge in [0.1, 0.15) is 0 Å². The number of rotatable bonds is 5. The van der Waals surface area contributed by atoms with E-state index in [0.29, 0.717) is 28.6 Å². The molecule has 0 unspecified atom stereocenters. The summed E-state index contributed by atoms with van der Waals surface area (Å²) in [5.41, 5.74) is 0.454. The molecule has 1 aromatic rings. The third-order valence-corrected chi connectivity index (χ3v) is 2.46. The number of benzene rings is 1. The smallest absolute Gasteiger partial charge is 0.251 e. The number of hydrogen-bond acceptors (Lipinski definition) is 3. The summed E-state index contributed by atoms with van der Waals surface area (Å²) < 4.78 is 10.8. The van der Waals surface area contributed by atoms with E-state index < -0.39 is 0 Å². The predicted octanol–water partition coefficient (Wildman–Crippen LogP) is 2.89. The molecule has 0 saturated carbocycles. The van der Waals surface area contributed by atoms with E-state index in [1.807, 2.05) is 20.8 Å². The van der Waals surface area contributed by atoms with Crippen molar-refractivity contribution in [1.82, 2.24) is 5.32 Å². The van der Waals surface area contributed by atoms with Crippen LogP contribution in [0.25, 0.3) is 0 Å². The van der Waals surface area contributed by atoms with E-state index in [1.54, 1.807) is 12.1 Å². The van der Waals surface area contributed by atoms with Gasteiger partial charge in [0, 0.05) is 12.1 Å². The average molecular weight is 272 g/mol. The maximum absolute atomic E-state index is 11.7. The van der Waals surface area contributed by atoms with Crippen molar-refractivity contribution in [3.8, 4) is 11.5 Å². The van der Waals surface area contributed by atoms with Crippen LogP contribution in [-0.2, 0) is 0 Å². The van der Waals surface area contributed by atoms with Crippen LogP contribution in [0.5, 0.6) is 11.5 Å². The van der Waals surface area contributed by atoms with Gasteiger partial charge in [-0.3, -0.25) is 4.79 Å². The van der Waals surface area contributed by atoms with Crippen molar-refractivity contribution >= 4 is 17.5 Å². The van der Waals surface area contributed by atoms with Gasteiger partial charge in [0.25, 0.3) is 5.91 Å². The minimum absolute atomic E-state index is 0.0216. The van der Waals surface area contributed by atoms with E-state index in [2.05, 4.69) is 5.32 Å². The molecule has 0 aromatic heterocycles. The van der Waals surface area contributed by atoms with Crippen molar-refractivity contribution in [1.29, 1.82) is 0 Å². The average Bonchev–Trinajstić information content (AvgIpc) is 2.31. The molecule has 0 aliphatic heterocycles. The Labute approximate surface area is 112 Å². The lowest BCUT2D eigenvalue weighted by molar-refractivity contribution is 0.0955. The molecule has 18 heavy (non-hydrogen) atoms. The van der Waals surface area contributed by atoms with Gasteiger partial charge in [-0.05, 0) is 32.9 Å². The van der Waals surface area contributed by atoms with Gasteiger partial charge < -0.3 is 14.8 Å². The van der Waals surface area contributed by atoms with Crippen molar-refractivity contribution in [3.63, 3.8) is 0 Å². The number of amides is 1. The molecule has 4 nitrogen and oxygen atoms in total. The summed E-state index contributed by atoms with van der Waals surface area (Å²) in [4.78, 5) is 11.7. The molecule has 1 amide bonds. The van der Waals surface area contributed by atoms with E-state index >= 15 is 0 Å². The molecular formula is C13H18ClNO3. The van der Waals surface area contributed by atoms with Crippen LogP contribution in [0.4, 0.5) is 0 Å².